The van der Waals surface area contributed by atoms with Crippen molar-refractivity contribution in [2.24, 2.45) is 5.41 Å². The smallest absolute Gasteiger partial charge is 0.211 e. The molecular weight excluding hydrogens is 214 g/mol. The second kappa shape index (κ2) is 5.82. The molecule has 5 heteroatoms. The Morgan fingerprint density at radius 3 is 2.27 bits per heavy atom. The minimum Gasteiger partial charge on any atom is -0.392 e. The van der Waals surface area contributed by atoms with Gasteiger partial charge in [-0.25, -0.2) is 13.1 Å². The third-order valence-electron chi connectivity index (χ3n) is 1.86. The summed E-state index contributed by atoms with van der Waals surface area (Å²) in [5.74, 6) is 0.120. The van der Waals surface area contributed by atoms with E-state index in [1.54, 1.807) is 0 Å². The summed E-state index contributed by atoms with van der Waals surface area (Å²) in [6, 6.07) is 0. The summed E-state index contributed by atoms with van der Waals surface area (Å²) in [5, 5.41) is 9.59. The fraction of sp³-hybridized carbons (Fsp3) is 1.00. The van der Waals surface area contributed by atoms with Gasteiger partial charge in [-0.3, -0.25) is 0 Å². The van der Waals surface area contributed by atoms with Gasteiger partial charge in [-0.2, -0.15) is 0 Å². The molecule has 0 radical (unpaired) electrons. The molecule has 0 spiro atoms. The lowest BCUT2D eigenvalue weighted by Gasteiger charge is -2.22. The van der Waals surface area contributed by atoms with Gasteiger partial charge in [0, 0.05) is 6.54 Å². The van der Waals surface area contributed by atoms with Crippen LogP contribution in [0.15, 0.2) is 0 Å². The molecule has 1 atom stereocenters. The number of aliphatic hydroxyl groups excluding tert-OH is 1. The standard InChI is InChI=1S/C10H23NO3S/c1-5-6-15(13,14)11-8-9(12)7-10(2,3)4/h9,11-12H,5-8H2,1-4H3/t9-/m0/s1. The molecule has 0 unspecified atom stereocenters. The molecule has 4 nitrogen and oxygen atoms in total. The summed E-state index contributed by atoms with van der Waals surface area (Å²) >= 11 is 0. The first-order valence-electron chi connectivity index (χ1n) is 5.32. The number of rotatable bonds is 6. The zero-order valence-corrected chi connectivity index (χ0v) is 10.9. The van der Waals surface area contributed by atoms with Crippen LogP contribution in [0.3, 0.4) is 0 Å². The molecule has 0 aromatic heterocycles. The van der Waals surface area contributed by atoms with Crippen LogP contribution < -0.4 is 4.72 Å². The van der Waals surface area contributed by atoms with Gasteiger partial charge in [0.05, 0.1) is 11.9 Å². The highest BCUT2D eigenvalue weighted by molar-refractivity contribution is 7.89. The molecule has 0 aromatic carbocycles. The molecular formula is C10H23NO3S. The van der Waals surface area contributed by atoms with Crippen LogP contribution in [0.25, 0.3) is 0 Å². The summed E-state index contributed by atoms with van der Waals surface area (Å²) in [6.07, 6.45) is 0.559. The van der Waals surface area contributed by atoms with E-state index in [1.165, 1.54) is 0 Å². The van der Waals surface area contributed by atoms with Crippen LogP contribution >= 0.6 is 0 Å². The first kappa shape index (κ1) is 14.9. The number of nitrogens with one attached hydrogen (secondary N) is 1. The molecule has 0 aliphatic rings. The fourth-order valence-electron chi connectivity index (χ4n) is 1.34. The van der Waals surface area contributed by atoms with Gasteiger partial charge in [0.1, 0.15) is 0 Å². The first-order valence-corrected chi connectivity index (χ1v) is 6.97. The molecule has 92 valence electrons. The largest absolute Gasteiger partial charge is 0.392 e. The van der Waals surface area contributed by atoms with Crippen molar-refractivity contribution in [1.82, 2.24) is 4.72 Å². The number of hydrogen-bond acceptors (Lipinski definition) is 3. The maximum Gasteiger partial charge on any atom is 0.211 e. The minimum absolute atomic E-state index is 0.00954. The van der Waals surface area contributed by atoms with Gasteiger partial charge >= 0.3 is 0 Å². The lowest BCUT2D eigenvalue weighted by Crippen LogP contribution is -2.35. The Kier molecular flexibility index (Phi) is 5.77. The monoisotopic (exact) mass is 237 g/mol. The molecule has 0 bridgehead atoms. The lowest BCUT2D eigenvalue weighted by atomic mass is 9.89. The minimum atomic E-state index is -3.19. The van der Waals surface area contributed by atoms with E-state index in [-0.39, 0.29) is 17.7 Å². The highest BCUT2D eigenvalue weighted by Gasteiger charge is 2.18. The zero-order chi connectivity index (χ0) is 12.1. The van der Waals surface area contributed by atoms with Crippen LogP contribution in [0.2, 0.25) is 0 Å². The van der Waals surface area contributed by atoms with Crippen LogP contribution in [0, 0.1) is 5.41 Å². The van der Waals surface area contributed by atoms with Crippen LogP contribution in [0.4, 0.5) is 0 Å². The quantitative estimate of drug-likeness (QED) is 0.727. The third kappa shape index (κ3) is 8.84. The molecule has 0 saturated heterocycles. The normalized spacial score (nSPS) is 15.3. The van der Waals surface area contributed by atoms with E-state index in [0.717, 1.165) is 0 Å². The van der Waals surface area contributed by atoms with Crippen LogP contribution in [0.5, 0.6) is 0 Å². The van der Waals surface area contributed by atoms with E-state index in [4.69, 9.17) is 0 Å². The maximum atomic E-state index is 11.3. The zero-order valence-electron chi connectivity index (χ0n) is 10.1. The van der Waals surface area contributed by atoms with Crippen molar-refractivity contribution in [2.45, 2.75) is 46.6 Å². The first-order chi connectivity index (χ1) is 6.66. The van der Waals surface area contributed by atoms with E-state index >= 15 is 0 Å². The molecule has 0 aliphatic carbocycles. The summed E-state index contributed by atoms with van der Waals surface area (Å²) in [7, 11) is -3.19. The number of sulfonamides is 1. The molecule has 0 heterocycles. The molecule has 0 rings (SSSR count). The maximum absolute atomic E-state index is 11.3. The Morgan fingerprint density at radius 2 is 1.87 bits per heavy atom. The topological polar surface area (TPSA) is 66.4 Å². The molecule has 0 amide bonds. The molecule has 0 aromatic rings. The molecule has 0 aliphatic heterocycles. The average molecular weight is 237 g/mol. The summed E-state index contributed by atoms with van der Waals surface area (Å²) < 4.78 is 25.0. The summed E-state index contributed by atoms with van der Waals surface area (Å²) in [5.41, 5.74) is 0.00954. The van der Waals surface area contributed by atoms with E-state index < -0.39 is 16.1 Å². The van der Waals surface area contributed by atoms with Crippen LogP contribution in [-0.4, -0.2) is 31.9 Å². The van der Waals surface area contributed by atoms with Crippen LogP contribution in [-0.2, 0) is 10.0 Å². The van der Waals surface area contributed by atoms with Gasteiger partial charge in [-0.15, -0.1) is 0 Å². The Bertz CT molecular complexity index is 267. The highest BCUT2D eigenvalue weighted by Crippen LogP contribution is 2.20. The second-order valence-electron chi connectivity index (χ2n) is 5.09. The van der Waals surface area contributed by atoms with Crippen molar-refractivity contribution in [1.29, 1.82) is 0 Å². The highest BCUT2D eigenvalue weighted by atomic mass is 32.2. The van der Waals surface area contributed by atoms with Gasteiger partial charge in [-0.1, -0.05) is 27.7 Å². The van der Waals surface area contributed by atoms with Crippen molar-refractivity contribution in [3.63, 3.8) is 0 Å². The van der Waals surface area contributed by atoms with E-state index in [1.807, 2.05) is 27.7 Å². The van der Waals surface area contributed by atoms with Gasteiger partial charge in [-0.05, 0) is 18.3 Å². The molecule has 15 heavy (non-hydrogen) atoms. The second-order valence-corrected chi connectivity index (χ2v) is 7.01. The van der Waals surface area contributed by atoms with Crippen molar-refractivity contribution in [3.8, 4) is 0 Å². The predicted octanol–water partition coefficient (Wildman–Crippen LogP) is 1.11. The SMILES string of the molecule is CCCS(=O)(=O)NC[C@@H](O)CC(C)(C)C. The van der Waals surface area contributed by atoms with Gasteiger partial charge < -0.3 is 5.11 Å². The van der Waals surface area contributed by atoms with Crippen LogP contribution in [0.1, 0.15) is 40.5 Å². The number of aliphatic hydroxyl groups is 1. The predicted molar refractivity (Wildman–Crippen MR) is 62.2 cm³/mol. The molecule has 2 N–H and O–H groups in total. The van der Waals surface area contributed by atoms with Gasteiger partial charge in [0.2, 0.25) is 10.0 Å². The van der Waals surface area contributed by atoms with E-state index in [9.17, 15) is 13.5 Å². The Labute approximate surface area is 93.1 Å². The van der Waals surface area contributed by atoms with Crippen molar-refractivity contribution in [3.05, 3.63) is 0 Å². The van der Waals surface area contributed by atoms with E-state index in [0.29, 0.717) is 12.8 Å². The van der Waals surface area contributed by atoms with Gasteiger partial charge in [0.15, 0.2) is 0 Å². The summed E-state index contributed by atoms with van der Waals surface area (Å²) in [4.78, 5) is 0. The van der Waals surface area contributed by atoms with Gasteiger partial charge in [0.25, 0.3) is 0 Å². The van der Waals surface area contributed by atoms with Crippen molar-refractivity contribution >= 4 is 10.0 Å². The van der Waals surface area contributed by atoms with Crippen molar-refractivity contribution in [2.75, 3.05) is 12.3 Å². The average Bonchev–Trinajstić information content (AvgIpc) is 1.98. The molecule has 0 fully saturated rings. The Morgan fingerprint density at radius 1 is 1.33 bits per heavy atom. The van der Waals surface area contributed by atoms with Crippen molar-refractivity contribution < 1.29 is 13.5 Å². The number of hydrogen-bond donors (Lipinski definition) is 2. The summed E-state index contributed by atoms with van der Waals surface area (Å²) in [6.45, 7) is 7.95. The molecule has 0 saturated carbocycles. The fourth-order valence-corrected chi connectivity index (χ4v) is 2.47. The lowest BCUT2D eigenvalue weighted by molar-refractivity contribution is 0.125. The Hall–Kier alpha value is -0.130. The van der Waals surface area contributed by atoms with E-state index in [2.05, 4.69) is 4.72 Å². The third-order valence-corrected chi connectivity index (χ3v) is 3.41. The Balaban J connectivity index is 3.96.